The van der Waals surface area contributed by atoms with E-state index in [1.807, 2.05) is 25.2 Å². The molecule has 0 spiro atoms. The number of hydrogen-bond donors (Lipinski definition) is 0. The molecule has 0 unspecified atom stereocenters. The zero-order valence-corrected chi connectivity index (χ0v) is 5.41. The SMILES string of the molecule is CCN=C1C=CC=C[N]1. The number of aliphatic imine (C=N–C) groups is 1. The Morgan fingerprint density at radius 2 is 2.44 bits per heavy atom. The van der Waals surface area contributed by atoms with Gasteiger partial charge in [0.05, 0.1) is 0 Å². The molecular formula is C7H9N2. The van der Waals surface area contributed by atoms with Gasteiger partial charge in [-0.3, -0.25) is 4.99 Å². The smallest absolute Gasteiger partial charge is 0.147 e. The zero-order valence-electron chi connectivity index (χ0n) is 5.41. The highest BCUT2D eigenvalue weighted by molar-refractivity contribution is 5.94. The largest absolute Gasteiger partial charge is 0.267 e. The molecule has 0 fully saturated rings. The lowest BCUT2D eigenvalue weighted by molar-refractivity contribution is 1.09. The number of amidine groups is 1. The van der Waals surface area contributed by atoms with Crippen molar-refractivity contribution in [2.45, 2.75) is 6.92 Å². The lowest BCUT2D eigenvalue weighted by Gasteiger charge is -1.98. The molecule has 1 aliphatic rings. The summed E-state index contributed by atoms with van der Waals surface area (Å²) in [6.07, 6.45) is 7.45. The Kier molecular flexibility index (Phi) is 2.07. The Morgan fingerprint density at radius 3 is 3.00 bits per heavy atom. The third-order valence-corrected chi connectivity index (χ3v) is 0.969. The van der Waals surface area contributed by atoms with Crippen molar-refractivity contribution in [2.24, 2.45) is 4.99 Å². The molecule has 9 heavy (non-hydrogen) atoms. The molecule has 0 saturated carbocycles. The van der Waals surface area contributed by atoms with Crippen LogP contribution in [0.5, 0.6) is 0 Å². The Balaban J connectivity index is 2.55. The predicted molar refractivity (Wildman–Crippen MR) is 38.4 cm³/mol. The minimum absolute atomic E-state index is 0.803. The Bertz CT molecular complexity index is 166. The van der Waals surface area contributed by atoms with Crippen LogP contribution in [0.1, 0.15) is 6.92 Å². The van der Waals surface area contributed by atoms with E-state index < -0.39 is 0 Å². The van der Waals surface area contributed by atoms with Gasteiger partial charge in [0.1, 0.15) is 5.84 Å². The summed E-state index contributed by atoms with van der Waals surface area (Å²) in [6, 6.07) is 0. The molecule has 1 aliphatic heterocycles. The summed E-state index contributed by atoms with van der Waals surface area (Å²) in [5.74, 6) is 0.819. The maximum Gasteiger partial charge on any atom is 0.147 e. The third kappa shape index (κ3) is 1.72. The molecule has 0 N–H and O–H groups in total. The second-order valence-corrected chi connectivity index (χ2v) is 1.66. The van der Waals surface area contributed by atoms with Crippen molar-refractivity contribution in [2.75, 3.05) is 6.54 Å². The van der Waals surface area contributed by atoms with E-state index in [-0.39, 0.29) is 0 Å². The van der Waals surface area contributed by atoms with Crippen LogP contribution in [0.2, 0.25) is 0 Å². The molecule has 1 radical (unpaired) electrons. The minimum atomic E-state index is 0.803. The lowest BCUT2D eigenvalue weighted by atomic mass is 10.4. The van der Waals surface area contributed by atoms with E-state index in [9.17, 15) is 0 Å². The number of hydrogen-bond acceptors (Lipinski definition) is 1. The predicted octanol–water partition coefficient (Wildman–Crippen LogP) is 1.09. The van der Waals surface area contributed by atoms with Gasteiger partial charge in [-0.1, -0.05) is 6.08 Å². The van der Waals surface area contributed by atoms with E-state index in [2.05, 4.69) is 10.3 Å². The Hall–Kier alpha value is -1.05. The number of rotatable bonds is 1. The van der Waals surface area contributed by atoms with Crippen LogP contribution < -0.4 is 5.32 Å². The first-order valence-electron chi connectivity index (χ1n) is 3.02. The fraction of sp³-hybridized carbons (Fsp3) is 0.286. The van der Waals surface area contributed by atoms with Crippen LogP contribution >= 0.6 is 0 Å². The lowest BCUT2D eigenvalue weighted by Crippen LogP contribution is -2.08. The number of nitrogens with zero attached hydrogens (tertiary/aromatic N) is 2. The van der Waals surface area contributed by atoms with Crippen molar-refractivity contribution in [1.29, 1.82) is 0 Å². The quantitative estimate of drug-likeness (QED) is 0.496. The third-order valence-electron chi connectivity index (χ3n) is 0.969. The maximum absolute atomic E-state index is 4.10. The van der Waals surface area contributed by atoms with E-state index in [0.717, 1.165) is 12.4 Å². The molecule has 2 nitrogen and oxygen atoms in total. The summed E-state index contributed by atoms with van der Waals surface area (Å²) in [6.45, 7) is 2.80. The fourth-order valence-electron chi connectivity index (χ4n) is 0.609. The molecule has 2 heteroatoms. The van der Waals surface area contributed by atoms with Crippen LogP contribution in [-0.4, -0.2) is 12.4 Å². The van der Waals surface area contributed by atoms with Crippen LogP contribution in [0.25, 0.3) is 0 Å². The van der Waals surface area contributed by atoms with Gasteiger partial charge in [0.25, 0.3) is 0 Å². The summed E-state index contributed by atoms with van der Waals surface area (Å²) < 4.78 is 0. The molecule has 1 rings (SSSR count). The van der Waals surface area contributed by atoms with Gasteiger partial charge in [0.15, 0.2) is 0 Å². The topological polar surface area (TPSA) is 26.5 Å². The zero-order chi connectivity index (χ0) is 6.53. The van der Waals surface area contributed by atoms with Crippen molar-refractivity contribution >= 4 is 5.84 Å². The van der Waals surface area contributed by atoms with Crippen LogP contribution in [0.15, 0.2) is 29.4 Å². The molecule has 0 saturated heterocycles. The van der Waals surface area contributed by atoms with Gasteiger partial charge < -0.3 is 0 Å². The van der Waals surface area contributed by atoms with Crippen LogP contribution in [0.3, 0.4) is 0 Å². The first-order valence-corrected chi connectivity index (χ1v) is 3.02. The summed E-state index contributed by atoms with van der Waals surface area (Å²) in [5.41, 5.74) is 0. The first kappa shape index (κ1) is 6.08. The molecule has 0 aromatic heterocycles. The second-order valence-electron chi connectivity index (χ2n) is 1.66. The molecule has 47 valence electrons. The molecular weight excluding hydrogens is 112 g/mol. The van der Waals surface area contributed by atoms with Crippen molar-refractivity contribution in [3.63, 3.8) is 0 Å². The second kappa shape index (κ2) is 3.07. The molecule has 0 atom stereocenters. The average molecular weight is 121 g/mol. The van der Waals surface area contributed by atoms with Crippen LogP contribution in [0.4, 0.5) is 0 Å². The highest BCUT2D eigenvalue weighted by atomic mass is 15.0. The van der Waals surface area contributed by atoms with Gasteiger partial charge in [0.2, 0.25) is 0 Å². The summed E-state index contributed by atoms with van der Waals surface area (Å²) in [7, 11) is 0. The van der Waals surface area contributed by atoms with Gasteiger partial charge in [0, 0.05) is 12.7 Å². The molecule has 0 bridgehead atoms. The highest BCUT2D eigenvalue weighted by Crippen LogP contribution is 1.88. The van der Waals surface area contributed by atoms with E-state index in [1.54, 1.807) is 6.20 Å². The average Bonchev–Trinajstić information content (AvgIpc) is 1.91. The van der Waals surface area contributed by atoms with E-state index in [0.29, 0.717) is 0 Å². The van der Waals surface area contributed by atoms with Gasteiger partial charge in [-0.15, -0.1) is 0 Å². The molecule has 0 aromatic carbocycles. The fourth-order valence-corrected chi connectivity index (χ4v) is 0.609. The van der Waals surface area contributed by atoms with Crippen molar-refractivity contribution in [1.82, 2.24) is 5.32 Å². The monoisotopic (exact) mass is 121 g/mol. The van der Waals surface area contributed by atoms with Gasteiger partial charge in [-0.25, -0.2) is 5.32 Å². The van der Waals surface area contributed by atoms with Gasteiger partial charge in [-0.05, 0) is 19.1 Å². The molecule has 0 amide bonds. The molecule has 0 aromatic rings. The molecule has 1 heterocycles. The van der Waals surface area contributed by atoms with E-state index in [4.69, 9.17) is 0 Å². The van der Waals surface area contributed by atoms with Crippen LogP contribution in [-0.2, 0) is 0 Å². The normalized spacial score (nSPS) is 20.3. The number of allylic oxidation sites excluding steroid dienone is 2. The standard InChI is InChI=1S/C7H9N2/c1-2-8-7-5-3-4-6-9-7/h3-6H,2H2,1H3. The van der Waals surface area contributed by atoms with E-state index >= 15 is 0 Å². The van der Waals surface area contributed by atoms with Crippen LogP contribution in [0, 0.1) is 0 Å². The highest BCUT2D eigenvalue weighted by Gasteiger charge is 1.91. The van der Waals surface area contributed by atoms with E-state index in [1.165, 1.54) is 0 Å². The van der Waals surface area contributed by atoms with Crippen molar-refractivity contribution in [3.05, 3.63) is 24.4 Å². The summed E-state index contributed by atoms with van der Waals surface area (Å²) in [5, 5.41) is 4.00. The Labute approximate surface area is 55.0 Å². The van der Waals surface area contributed by atoms with Gasteiger partial charge >= 0.3 is 0 Å². The first-order chi connectivity index (χ1) is 4.43. The summed E-state index contributed by atoms with van der Waals surface area (Å²) >= 11 is 0. The maximum atomic E-state index is 4.10. The molecule has 0 aliphatic carbocycles. The summed E-state index contributed by atoms with van der Waals surface area (Å²) in [4.78, 5) is 4.10. The van der Waals surface area contributed by atoms with Gasteiger partial charge in [-0.2, -0.15) is 0 Å². The minimum Gasteiger partial charge on any atom is -0.267 e. The van der Waals surface area contributed by atoms with Crippen molar-refractivity contribution < 1.29 is 0 Å². The Morgan fingerprint density at radius 1 is 1.56 bits per heavy atom. The van der Waals surface area contributed by atoms with Crippen molar-refractivity contribution in [3.8, 4) is 0 Å².